The van der Waals surface area contributed by atoms with Crippen molar-refractivity contribution in [2.75, 3.05) is 13.6 Å². The molecule has 0 aliphatic heterocycles. The van der Waals surface area contributed by atoms with Gasteiger partial charge in [0.1, 0.15) is 17.7 Å². The number of halogens is 2. The summed E-state index contributed by atoms with van der Waals surface area (Å²) < 4.78 is 19.1. The quantitative estimate of drug-likeness (QED) is 0.900. The van der Waals surface area contributed by atoms with Gasteiger partial charge < -0.3 is 10.1 Å². The average molecular weight is 262 g/mol. The molecule has 1 unspecified atom stereocenters. The molecule has 0 spiro atoms. The second-order valence-electron chi connectivity index (χ2n) is 3.06. The molecule has 1 aromatic rings. The molecular weight excluding hydrogens is 249 g/mol. The molecule has 4 heteroatoms. The lowest BCUT2D eigenvalue weighted by molar-refractivity contribution is 0.218. The number of nitrogens with one attached hydrogen (secondary N) is 1. The van der Waals surface area contributed by atoms with Gasteiger partial charge in [0.15, 0.2) is 0 Å². The summed E-state index contributed by atoms with van der Waals surface area (Å²) in [5.41, 5.74) is 0. The second kappa shape index (κ2) is 5.32. The molecule has 1 aromatic carbocycles. The van der Waals surface area contributed by atoms with E-state index in [0.29, 0.717) is 5.75 Å². The minimum absolute atomic E-state index is 0.0121. The summed E-state index contributed by atoms with van der Waals surface area (Å²) >= 11 is 3.30. The predicted molar refractivity (Wildman–Crippen MR) is 58.1 cm³/mol. The second-order valence-corrected chi connectivity index (χ2v) is 3.92. The van der Waals surface area contributed by atoms with E-state index in [0.717, 1.165) is 11.0 Å². The maximum Gasteiger partial charge on any atom is 0.136 e. The van der Waals surface area contributed by atoms with Crippen molar-refractivity contribution in [3.8, 4) is 5.75 Å². The van der Waals surface area contributed by atoms with Gasteiger partial charge >= 0.3 is 0 Å². The van der Waals surface area contributed by atoms with Crippen LogP contribution in [0.5, 0.6) is 5.75 Å². The van der Waals surface area contributed by atoms with Crippen molar-refractivity contribution in [1.82, 2.24) is 5.32 Å². The smallest absolute Gasteiger partial charge is 0.136 e. The van der Waals surface area contributed by atoms with Gasteiger partial charge in [-0.05, 0) is 42.0 Å². The van der Waals surface area contributed by atoms with Gasteiger partial charge in [-0.3, -0.25) is 0 Å². The summed E-state index contributed by atoms with van der Waals surface area (Å²) in [5.74, 6) is 0.243. The Kier molecular flexibility index (Phi) is 4.35. The van der Waals surface area contributed by atoms with Crippen molar-refractivity contribution in [3.05, 3.63) is 28.5 Å². The van der Waals surface area contributed by atoms with Gasteiger partial charge in [-0.2, -0.15) is 0 Å². The van der Waals surface area contributed by atoms with Crippen molar-refractivity contribution < 1.29 is 9.13 Å². The summed E-state index contributed by atoms with van der Waals surface area (Å²) in [4.78, 5) is 0. The van der Waals surface area contributed by atoms with Crippen LogP contribution in [0.15, 0.2) is 22.7 Å². The zero-order valence-corrected chi connectivity index (χ0v) is 9.77. The Morgan fingerprint density at radius 1 is 1.57 bits per heavy atom. The predicted octanol–water partition coefficient (Wildman–Crippen LogP) is 2.57. The van der Waals surface area contributed by atoms with Gasteiger partial charge in [0.2, 0.25) is 0 Å². The van der Waals surface area contributed by atoms with Crippen LogP contribution in [-0.2, 0) is 0 Å². The zero-order valence-electron chi connectivity index (χ0n) is 8.18. The summed E-state index contributed by atoms with van der Waals surface area (Å²) in [7, 11) is 1.85. The van der Waals surface area contributed by atoms with E-state index in [9.17, 15) is 4.39 Å². The number of likely N-dealkylation sites (N-methyl/N-ethyl adjacent to an activating group) is 1. The first-order valence-corrected chi connectivity index (χ1v) is 5.19. The standard InChI is InChI=1S/C10H13BrFNO/c1-7(6-13-2)14-10-5-8(12)3-4-9(10)11/h3-5,7,13H,6H2,1-2H3. The van der Waals surface area contributed by atoms with Crippen molar-refractivity contribution in [1.29, 1.82) is 0 Å². The van der Waals surface area contributed by atoms with Crippen LogP contribution in [0.2, 0.25) is 0 Å². The van der Waals surface area contributed by atoms with Crippen LogP contribution in [0.3, 0.4) is 0 Å². The summed E-state index contributed by atoms with van der Waals surface area (Å²) in [5, 5.41) is 2.99. The fourth-order valence-corrected chi connectivity index (χ4v) is 1.45. The van der Waals surface area contributed by atoms with Crippen LogP contribution in [0, 0.1) is 5.82 Å². The van der Waals surface area contributed by atoms with Gasteiger partial charge in [0.05, 0.1) is 4.47 Å². The van der Waals surface area contributed by atoms with E-state index >= 15 is 0 Å². The molecular formula is C10H13BrFNO. The molecule has 0 heterocycles. The van der Waals surface area contributed by atoms with Gasteiger partial charge in [0.25, 0.3) is 0 Å². The SMILES string of the molecule is CNCC(C)Oc1cc(F)ccc1Br. The lowest BCUT2D eigenvalue weighted by Gasteiger charge is -2.15. The van der Waals surface area contributed by atoms with E-state index in [1.807, 2.05) is 14.0 Å². The molecule has 0 aliphatic rings. The molecule has 0 aromatic heterocycles. The van der Waals surface area contributed by atoms with E-state index < -0.39 is 0 Å². The number of hydrogen-bond acceptors (Lipinski definition) is 2. The molecule has 0 bridgehead atoms. The maximum absolute atomic E-state index is 12.9. The maximum atomic E-state index is 12.9. The van der Waals surface area contributed by atoms with Gasteiger partial charge in [-0.15, -0.1) is 0 Å². The Morgan fingerprint density at radius 2 is 2.29 bits per heavy atom. The molecule has 0 radical (unpaired) electrons. The molecule has 1 rings (SSSR count). The third kappa shape index (κ3) is 3.27. The lowest BCUT2D eigenvalue weighted by Crippen LogP contribution is -2.26. The van der Waals surface area contributed by atoms with Crippen LogP contribution in [0.1, 0.15) is 6.92 Å². The fourth-order valence-electron chi connectivity index (χ4n) is 1.11. The highest BCUT2D eigenvalue weighted by Crippen LogP contribution is 2.26. The van der Waals surface area contributed by atoms with Crippen LogP contribution in [0.4, 0.5) is 4.39 Å². The topological polar surface area (TPSA) is 21.3 Å². The molecule has 0 saturated heterocycles. The fraction of sp³-hybridized carbons (Fsp3) is 0.400. The van der Waals surface area contributed by atoms with Crippen LogP contribution in [0.25, 0.3) is 0 Å². The molecule has 0 amide bonds. The Hall–Kier alpha value is -0.610. The first-order valence-electron chi connectivity index (χ1n) is 4.39. The highest BCUT2D eigenvalue weighted by molar-refractivity contribution is 9.10. The lowest BCUT2D eigenvalue weighted by atomic mass is 10.3. The molecule has 14 heavy (non-hydrogen) atoms. The molecule has 78 valence electrons. The molecule has 0 saturated carbocycles. The largest absolute Gasteiger partial charge is 0.488 e. The van der Waals surface area contributed by atoms with E-state index in [4.69, 9.17) is 4.74 Å². The number of ether oxygens (including phenoxy) is 1. The van der Waals surface area contributed by atoms with Gasteiger partial charge in [0, 0.05) is 12.6 Å². The Labute approximate surface area is 91.6 Å². The Balaban J connectivity index is 2.70. The summed E-state index contributed by atoms with van der Waals surface area (Å²) in [6, 6.07) is 4.40. The molecule has 0 aliphatic carbocycles. The van der Waals surface area contributed by atoms with E-state index in [1.165, 1.54) is 12.1 Å². The summed E-state index contributed by atoms with van der Waals surface area (Å²) in [6.07, 6.45) is 0.0121. The van der Waals surface area contributed by atoms with Crippen molar-refractivity contribution in [2.24, 2.45) is 0 Å². The normalized spacial score (nSPS) is 12.6. The zero-order chi connectivity index (χ0) is 10.6. The monoisotopic (exact) mass is 261 g/mol. The highest BCUT2D eigenvalue weighted by Gasteiger charge is 2.07. The van der Waals surface area contributed by atoms with Crippen molar-refractivity contribution in [2.45, 2.75) is 13.0 Å². The third-order valence-corrected chi connectivity index (χ3v) is 2.37. The van der Waals surface area contributed by atoms with Crippen LogP contribution < -0.4 is 10.1 Å². The Bertz CT molecular complexity index is 306. The molecule has 2 nitrogen and oxygen atoms in total. The minimum atomic E-state index is -0.292. The van der Waals surface area contributed by atoms with E-state index in [2.05, 4.69) is 21.2 Å². The molecule has 0 fully saturated rings. The first-order chi connectivity index (χ1) is 6.63. The minimum Gasteiger partial charge on any atom is -0.488 e. The van der Waals surface area contributed by atoms with Gasteiger partial charge in [-0.1, -0.05) is 0 Å². The Morgan fingerprint density at radius 3 is 2.93 bits per heavy atom. The molecule has 1 N–H and O–H groups in total. The van der Waals surface area contributed by atoms with Crippen LogP contribution in [-0.4, -0.2) is 19.7 Å². The first kappa shape index (κ1) is 11.5. The highest BCUT2D eigenvalue weighted by atomic mass is 79.9. The average Bonchev–Trinajstić information content (AvgIpc) is 2.12. The third-order valence-electron chi connectivity index (χ3n) is 1.71. The van der Waals surface area contributed by atoms with Crippen LogP contribution >= 0.6 is 15.9 Å². The number of hydrogen-bond donors (Lipinski definition) is 1. The van der Waals surface area contributed by atoms with E-state index in [-0.39, 0.29) is 11.9 Å². The van der Waals surface area contributed by atoms with E-state index in [1.54, 1.807) is 6.07 Å². The van der Waals surface area contributed by atoms with Crippen molar-refractivity contribution >= 4 is 15.9 Å². The number of rotatable bonds is 4. The van der Waals surface area contributed by atoms with Gasteiger partial charge in [-0.25, -0.2) is 4.39 Å². The molecule has 1 atom stereocenters. The summed E-state index contributed by atoms with van der Waals surface area (Å²) in [6.45, 7) is 2.65. The number of benzene rings is 1. The van der Waals surface area contributed by atoms with Crippen molar-refractivity contribution in [3.63, 3.8) is 0 Å².